The summed E-state index contributed by atoms with van der Waals surface area (Å²) in [6, 6.07) is 6.24. The van der Waals surface area contributed by atoms with Gasteiger partial charge in [0.25, 0.3) is 0 Å². The highest BCUT2D eigenvalue weighted by molar-refractivity contribution is 5.88. The van der Waals surface area contributed by atoms with E-state index < -0.39 is 12.0 Å². The molecule has 2 amide bonds. The molecule has 1 aromatic carbocycles. The zero-order chi connectivity index (χ0) is 15.0. The van der Waals surface area contributed by atoms with Crippen molar-refractivity contribution >= 4 is 12.0 Å². The molecule has 1 aromatic rings. The smallest absolute Gasteiger partial charge is 0.345 e. The summed E-state index contributed by atoms with van der Waals surface area (Å²) in [4.78, 5) is 31.5. The van der Waals surface area contributed by atoms with Crippen molar-refractivity contribution < 1.29 is 19.2 Å². The van der Waals surface area contributed by atoms with Gasteiger partial charge in [0.1, 0.15) is 6.04 Å². The number of esters is 1. The molecule has 1 saturated heterocycles. The zero-order valence-electron chi connectivity index (χ0n) is 11.7. The Hall–Kier alpha value is -2.34. The third-order valence-corrected chi connectivity index (χ3v) is 3.80. The summed E-state index contributed by atoms with van der Waals surface area (Å²) in [5.41, 5.74) is 1.71. The van der Waals surface area contributed by atoms with Gasteiger partial charge in [0.15, 0.2) is 6.04 Å². The van der Waals surface area contributed by atoms with Gasteiger partial charge in [-0.1, -0.05) is 30.3 Å². The van der Waals surface area contributed by atoms with Crippen LogP contribution in [-0.4, -0.2) is 42.2 Å². The Morgan fingerprint density at radius 1 is 1.43 bits per heavy atom. The van der Waals surface area contributed by atoms with Crippen LogP contribution in [-0.2, 0) is 14.4 Å². The molecule has 6 nitrogen and oxygen atoms in total. The Kier molecular flexibility index (Phi) is 3.39. The second kappa shape index (κ2) is 5.21. The first-order chi connectivity index (χ1) is 10.2. The van der Waals surface area contributed by atoms with Crippen LogP contribution >= 0.6 is 0 Å². The lowest BCUT2D eigenvalue weighted by Crippen LogP contribution is -2.39. The standard InChI is InChI=1S/C15H16N2O4/c1-3-8-21-17-12-9-16(15(17)19)13(14(18)20-2)11-7-5-4-6-10(11)12/h3-7,12-13H,1,8-9H2,2H3. The number of amides is 2. The van der Waals surface area contributed by atoms with Crippen LogP contribution in [0.4, 0.5) is 4.79 Å². The summed E-state index contributed by atoms with van der Waals surface area (Å²) in [5.74, 6) is -0.445. The molecule has 2 aliphatic rings. The third kappa shape index (κ3) is 1.99. The lowest BCUT2D eigenvalue weighted by atomic mass is 9.91. The number of nitrogens with zero attached hydrogens (tertiary/aromatic N) is 2. The monoisotopic (exact) mass is 288 g/mol. The summed E-state index contributed by atoms with van der Waals surface area (Å²) in [5, 5.41) is 1.32. The van der Waals surface area contributed by atoms with Crippen molar-refractivity contribution in [3.8, 4) is 0 Å². The third-order valence-electron chi connectivity index (χ3n) is 3.80. The summed E-state index contributed by atoms with van der Waals surface area (Å²) in [6.07, 6.45) is 1.58. The molecule has 0 saturated carbocycles. The van der Waals surface area contributed by atoms with E-state index in [1.54, 1.807) is 6.08 Å². The Morgan fingerprint density at radius 2 is 2.14 bits per heavy atom. The number of hydrogen-bond acceptors (Lipinski definition) is 4. The molecule has 0 radical (unpaired) electrons. The van der Waals surface area contributed by atoms with Crippen LogP contribution in [0.3, 0.4) is 0 Å². The number of carbonyl (C=O) groups excluding carboxylic acids is 2. The number of fused-ring (bicyclic) bond motifs is 4. The molecule has 2 heterocycles. The number of methoxy groups -OCH3 is 1. The summed E-state index contributed by atoms with van der Waals surface area (Å²) >= 11 is 0. The first-order valence-electron chi connectivity index (χ1n) is 6.69. The number of carbonyl (C=O) groups is 2. The lowest BCUT2D eigenvalue weighted by molar-refractivity contribution is -0.146. The highest BCUT2D eigenvalue weighted by Crippen LogP contribution is 2.44. The lowest BCUT2D eigenvalue weighted by Gasteiger charge is -2.30. The topological polar surface area (TPSA) is 59.1 Å². The molecule has 21 heavy (non-hydrogen) atoms. The van der Waals surface area contributed by atoms with Crippen LogP contribution < -0.4 is 0 Å². The van der Waals surface area contributed by atoms with Crippen LogP contribution in [0.5, 0.6) is 0 Å². The van der Waals surface area contributed by atoms with Crippen molar-refractivity contribution in [3.05, 3.63) is 48.0 Å². The fourth-order valence-electron chi connectivity index (χ4n) is 2.91. The molecular weight excluding hydrogens is 272 g/mol. The van der Waals surface area contributed by atoms with Crippen molar-refractivity contribution in [1.82, 2.24) is 9.96 Å². The molecule has 3 rings (SSSR count). The van der Waals surface area contributed by atoms with E-state index in [2.05, 4.69) is 6.58 Å². The minimum atomic E-state index is -0.715. The molecule has 2 aliphatic heterocycles. The molecule has 0 N–H and O–H groups in total. The molecular formula is C15H16N2O4. The first kappa shape index (κ1) is 13.6. The fraction of sp³-hybridized carbons (Fsp3) is 0.333. The van der Waals surface area contributed by atoms with Crippen molar-refractivity contribution in [3.63, 3.8) is 0 Å². The SMILES string of the molecule is C=CCON1C(=O)N2CC1c1ccccc1C2C(=O)OC. The molecule has 2 bridgehead atoms. The Labute approximate surface area is 122 Å². The second-order valence-corrected chi connectivity index (χ2v) is 4.92. The molecule has 1 fully saturated rings. The van der Waals surface area contributed by atoms with E-state index in [-0.39, 0.29) is 18.7 Å². The van der Waals surface area contributed by atoms with Crippen LogP contribution in [0.25, 0.3) is 0 Å². The number of ether oxygens (including phenoxy) is 1. The maximum atomic E-state index is 12.5. The molecule has 2 unspecified atom stereocenters. The van der Waals surface area contributed by atoms with E-state index in [1.165, 1.54) is 17.1 Å². The minimum Gasteiger partial charge on any atom is -0.467 e. The normalized spacial score (nSPS) is 23.0. The van der Waals surface area contributed by atoms with Gasteiger partial charge in [-0.15, -0.1) is 6.58 Å². The van der Waals surface area contributed by atoms with Gasteiger partial charge >= 0.3 is 12.0 Å². The average Bonchev–Trinajstić information content (AvgIpc) is 2.79. The average molecular weight is 288 g/mol. The number of urea groups is 1. The Balaban J connectivity index is 2.05. The van der Waals surface area contributed by atoms with Crippen LogP contribution in [0.15, 0.2) is 36.9 Å². The van der Waals surface area contributed by atoms with E-state index in [1.807, 2.05) is 24.3 Å². The molecule has 6 heteroatoms. The van der Waals surface area contributed by atoms with Gasteiger partial charge in [-0.05, 0) is 11.1 Å². The number of hydrogen-bond donors (Lipinski definition) is 0. The van der Waals surface area contributed by atoms with E-state index in [0.29, 0.717) is 6.54 Å². The predicted octanol–water partition coefficient (Wildman–Crippen LogP) is 1.81. The van der Waals surface area contributed by atoms with E-state index in [9.17, 15) is 9.59 Å². The Bertz CT molecular complexity index is 601. The maximum absolute atomic E-state index is 12.5. The van der Waals surface area contributed by atoms with E-state index >= 15 is 0 Å². The number of hydroxylamine groups is 2. The number of rotatable bonds is 4. The predicted molar refractivity (Wildman–Crippen MR) is 74.0 cm³/mol. The summed E-state index contributed by atoms with van der Waals surface area (Å²) in [6.45, 7) is 4.23. The molecule has 2 atom stereocenters. The van der Waals surface area contributed by atoms with Crippen molar-refractivity contribution in [1.29, 1.82) is 0 Å². The minimum absolute atomic E-state index is 0.213. The van der Waals surface area contributed by atoms with Gasteiger partial charge in [0.05, 0.1) is 20.3 Å². The molecule has 0 aromatic heterocycles. The van der Waals surface area contributed by atoms with Gasteiger partial charge in [-0.3, -0.25) is 4.84 Å². The largest absolute Gasteiger partial charge is 0.467 e. The van der Waals surface area contributed by atoms with Crippen LogP contribution in [0.2, 0.25) is 0 Å². The Morgan fingerprint density at radius 3 is 2.81 bits per heavy atom. The van der Waals surface area contributed by atoms with Crippen molar-refractivity contribution in [2.45, 2.75) is 12.1 Å². The quantitative estimate of drug-likeness (QED) is 0.626. The molecule has 0 spiro atoms. The maximum Gasteiger partial charge on any atom is 0.345 e. The first-order valence-corrected chi connectivity index (χ1v) is 6.69. The second-order valence-electron chi connectivity index (χ2n) is 4.92. The van der Waals surface area contributed by atoms with Gasteiger partial charge in [-0.2, -0.15) is 5.06 Å². The van der Waals surface area contributed by atoms with Gasteiger partial charge in [0, 0.05) is 0 Å². The van der Waals surface area contributed by atoms with Gasteiger partial charge < -0.3 is 9.64 Å². The van der Waals surface area contributed by atoms with Crippen LogP contribution in [0.1, 0.15) is 23.2 Å². The van der Waals surface area contributed by atoms with Gasteiger partial charge in [-0.25, -0.2) is 9.59 Å². The zero-order valence-corrected chi connectivity index (χ0v) is 11.7. The van der Waals surface area contributed by atoms with E-state index in [0.717, 1.165) is 11.1 Å². The highest BCUT2D eigenvalue weighted by Gasteiger charge is 2.51. The summed E-state index contributed by atoms with van der Waals surface area (Å²) in [7, 11) is 1.32. The summed E-state index contributed by atoms with van der Waals surface area (Å²) < 4.78 is 4.85. The highest BCUT2D eigenvalue weighted by atomic mass is 16.7. The van der Waals surface area contributed by atoms with Crippen molar-refractivity contribution in [2.24, 2.45) is 0 Å². The van der Waals surface area contributed by atoms with E-state index in [4.69, 9.17) is 9.57 Å². The molecule has 110 valence electrons. The van der Waals surface area contributed by atoms with Crippen molar-refractivity contribution in [2.75, 3.05) is 20.3 Å². The fourth-order valence-corrected chi connectivity index (χ4v) is 2.91. The molecule has 0 aliphatic carbocycles. The number of benzene rings is 1. The van der Waals surface area contributed by atoms with Crippen LogP contribution in [0, 0.1) is 0 Å². The van der Waals surface area contributed by atoms with Gasteiger partial charge in [0.2, 0.25) is 0 Å².